The van der Waals surface area contributed by atoms with Crippen molar-refractivity contribution in [3.05, 3.63) is 50.1 Å². The minimum Gasteiger partial charge on any atom is -0.398 e. The van der Waals surface area contributed by atoms with E-state index in [9.17, 15) is 4.79 Å². The molecule has 0 atom stereocenters. The second kappa shape index (κ2) is 4.39. The van der Waals surface area contributed by atoms with E-state index in [1.807, 2.05) is 18.4 Å². The third kappa shape index (κ3) is 2.18. The summed E-state index contributed by atoms with van der Waals surface area (Å²) in [5.74, 6) is 0.0325. The highest BCUT2D eigenvalue weighted by Gasteiger charge is 2.11. The standard InChI is InChI=1S/C12H10BrNOS/c1-7-4-9(6-16-7)12(15)8-2-3-11(14)10(13)5-8/h2-6H,14H2,1H3. The first-order valence-electron chi connectivity index (χ1n) is 4.73. The lowest BCUT2D eigenvalue weighted by Gasteiger charge is -2.01. The summed E-state index contributed by atoms with van der Waals surface area (Å²) in [5, 5.41) is 1.88. The van der Waals surface area contributed by atoms with Gasteiger partial charge in [0.2, 0.25) is 0 Å². The normalized spacial score (nSPS) is 10.4. The predicted octanol–water partition coefficient (Wildman–Crippen LogP) is 3.63. The Balaban J connectivity index is 2.38. The molecule has 0 saturated heterocycles. The van der Waals surface area contributed by atoms with Gasteiger partial charge < -0.3 is 5.73 Å². The van der Waals surface area contributed by atoms with Gasteiger partial charge in [0.15, 0.2) is 5.78 Å². The SMILES string of the molecule is Cc1cc(C(=O)c2ccc(N)c(Br)c2)cs1. The minimum atomic E-state index is 0.0325. The van der Waals surface area contributed by atoms with Crippen LogP contribution in [0.3, 0.4) is 0 Å². The van der Waals surface area contributed by atoms with Crippen molar-refractivity contribution < 1.29 is 4.79 Å². The molecule has 0 aliphatic carbocycles. The molecule has 0 amide bonds. The van der Waals surface area contributed by atoms with E-state index >= 15 is 0 Å². The summed E-state index contributed by atoms with van der Waals surface area (Å²) < 4.78 is 0.755. The summed E-state index contributed by atoms with van der Waals surface area (Å²) in [6.07, 6.45) is 0. The van der Waals surface area contributed by atoms with Gasteiger partial charge in [0.25, 0.3) is 0 Å². The third-order valence-electron chi connectivity index (χ3n) is 2.26. The third-order valence-corrected chi connectivity index (χ3v) is 3.80. The lowest BCUT2D eigenvalue weighted by atomic mass is 10.1. The highest BCUT2D eigenvalue weighted by Crippen LogP contribution is 2.23. The van der Waals surface area contributed by atoms with Crippen molar-refractivity contribution in [2.24, 2.45) is 0 Å². The number of benzene rings is 1. The van der Waals surface area contributed by atoms with Crippen LogP contribution >= 0.6 is 27.3 Å². The molecular weight excluding hydrogens is 286 g/mol. The van der Waals surface area contributed by atoms with Gasteiger partial charge in [0.05, 0.1) is 0 Å². The van der Waals surface area contributed by atoms with Gasteiger partial charge in [-0.1, -0.05) is 0 Å². The van der Waals surface area contributed by atoms with E-state index in [-0.39, 0.29) is 5.78 Å². The van der Waals surface area contributed by atoms with E-state index in [2.05, 4.69) is 15.9 Å². The summed E-state index contributed by atoms with van der Waals surface area (Å²) in [5.41, 5.74) is 7.70. The molecule has 1 heterocycles. The molecule has 16 heavy (non-hydrogen) atoms. The minimum absolute atomic E-state index is 0.0325. The van der Waals surface area contributed by atoms with Crippen LogP contribution in [-0.2, 0) is 0 Å². The molecule has 4 heteroatoms. The van der Waals surface area contributed by atoms with Crippen LogP contribution in [0.1, 0.15) is 20.8 Å². The summed E-state index contributed by atoms with van der Waals surface area (Å²) in [4.78, 5) is 13.2. The molecule has 0 spiro atoms. The highest BCUT2D eigenvalue weighted by atomic mass is 79.9. The molecule has 1 aromatic heterocycles. The van der Waals surface area contributed by atoms with E-state index in [1.165, 1.54) is 0 Å². The van der Waals surface area contributed by atoms with Crippen LogP contribution in [0.25, 0.3) is 0 Å². The molecule has 1 aromatic carbocycles. The van der Waals surface area contributed by atoms with Gasteiger partial charge in [0, 0.05) is 31.5 Å². The van der Waals surface area contributed by atoms with Crippen molar-refractivity contribution in [3.63, 3.8) is 0 Å². The molecule has 0 fully saturated rings. The first-order chi connectivity index (χ1) is 7.58. The first-order valence-corrected chi connectivity index (χ1v) is 6.40. The van der Waals surface area contributed by atoms with E-state index in [1.54, 1.807) is 29.5 Å². The van der Waals surface area contributed by atoms with Crippen molar-refractivity contribution in [1.82, 2.24) is 0 Å². The van der Waals surface area contributed by atoms with E-state index in [0.29, 0.717) is 11.3 Å². The fourth-order valence-electron chi connectivity index (χ4n) is 1.40. The maximum atomic E-state index is 12.1. The van der Waals surface area contributed by atoms with Crippen LogP contribution in [0.4, 0.5) is 5.69 Å². The number of hydrogen-bond donors (Lipinski definition) is 1. The van der Waals surface area contributed by atoms with Crippen molar-refractivity contribution in [3.8, 4) is 0 Å². The monoisotopic (exact) mass is 295 g/mol. The molecule has 82 valence electrons. The van der Waals surface area contributed by atoms with E-state index in [0.717, 1.165) is 14.9 Å². The maximum absolute atomic E-state index is 12.1. The van der Waals surface area contributed by atoms with Gasteiger partial charge in [-0.05, 0) is 47.1 Å². The molecule has 2 rings (SSSR count). The number of carbonyl (C=O) groups is 1. The summed E-state index contributed by atoms with van der Waals surface area (Å²) >= 11 is 4.89. The molecule has 0 unspecified atom stereocenters. The number of carbonyl (C=O) groups excluding carboxylic acids is 1. The van der Waals surface area contributed by atoms with Crippen molar-refractivity contribution in [2.75, 3.05) is 5.73 Å². The summed E-state index contributed by atoms with van der Waals surface area (Å²) in [6.45, 7) is 1.99. The molecule has 0 saturated carbocycles. The summed E-state index contributed by atoms with van der Waals surface area (Å²) in [7, 11) is 0. The number of rotatable bonds is 2. The number of hydrogen-bond acceptors (Lipinski definition) is 3. The van der Waals surface area contributed by atoms with Gasteiger partial charge >= 0.3 is 0 Å². The Kier molecular flexibility index (Phi) is 3.12. The van der Waals surface area contributed by atoms with Crippen LogP contribution in [-0.4, -0.2) is 5.78 Å². The Morgan fingerprint density at radius 3 is 2.62 bits per heavy atom. The lowest BCUT2D eigenvalue weighted by molar-refractivity contribution is 0.103. The fraction of sp³-hybridized carbons (Fsp3) is 0.0833. The lowest BCUT2D eigenvalue weighted by Crippen LogP contribution is -2.00. The van der Waals surface area contributed by atoms with Crippen molar-refractivity contribution >= 4 is 38.7 Å². The zero-order chi connectivity index (χ0) is 11.7. The van der Waals surface area contributed by atoms with Gasteiger partial charge in [-0.3, -0.25) is 4.79 Å². The highest BCUT2D eigenvalue weighted by molar-refractivity contribution is 9.10. The molecule has 2 nitrogen and oxygen atoms in total. The van der Waals surface area contributed by atoms with Gasteiger partial charge in [-0.15, -0.1) is 11.3 Å². The van der Waals surface area contributed by atoms with E-state index in [4.69, 9.17) is 5.73 Å². The molecular formula is C12H10BrNOS. The molecule has 0 radical (unpaired) electrons. The largest absolute Gasteiger partial charge is 0.398 e. The fourth-order valence-corrected chi connectivity index (χ4v) is 2.46. The Bertz CT molecular complexity index is 548. The maximum Gasteiger partial charge on any atom is 0.193 e. The van der Waals surface area contributed by atoms with E-state index < -0.39 is 0 Å². The Labute approximate surface area is 106 Å². The number of nitrogens with two attached hydrogens (primary N) is 1. The number of nitrogen functional groups attached to an aromatic ring is 1. The average molecular weight is 296 g/mol. The number of anilines is 1. The Morgan fingerprint density at radius 2 is 2.06 bits per heavy atom. The van der Waals surface area contributed by atoms with Crippen molar-refractivity contribution in [2.45, 2.75) is 6.92 Å². The van der Waals surface area contributed by atoms with Crippen molar-refractivity contribution in [1.29, 1.82) is 0 Å². The van der Waals surface area contributed by atoms with Crippen LogP contribution in [0.2, 0.25) is 0 Å². The Hall–Kier alpha value is -1.13. The predicted molar refractivity (Wildman–Crippen MR) is 71.0 cm³/mol. The average Bonchev–Trinajstić information content (AvgIpc) is 2.68. The van der Waals surface area contributed by atoms with Gasteiger partial charge in [-0.2, -0.15) is 0 Å². The van der Waals surface area contributed by atoms with Crippen LogP contribution in [0.15, 0.2) is 34.1 Å². The smallest absolute Gasteiger partial charge is 0.193 e. The first kappa shape index (κ1) is 11.4. The zero-order valence-corrected chi connectivity index (χ0v) is 11.1. The van der Waals surface area contributed by atoms with Gasteiger partial charge in [0.1, 0.15) is 0 Å². The number of thiophene rings is 1. The quantitative estimate of drug-likeness (QED) is 0.679. The number of halogens is 1. The van der Waals surface area contributed by atoms with Gasteiger partial charge in [-0.25, -0.2) is 0 Å². The number of aryl methyl sites for hydroxylation is 1. The molecule has 0 bridgehead atoms. The second-order valence-electron chi connectivity index (χ2n) is 3.51. The topological polar surface area (TPSA) is 43.1 Å². The number of ketones is 1. The molecule has 0 aliphatic rings. The van der Waals surface area contributed by atoms with Crippen LogP contribution in [0, 0.1) is 6.92 Å². The second-order valence-corrected chi connectivity index (χ2v) is 5.48. The molecule has 2 aromatic rings. The van der Waals surface area contributed by atoms with Crippen LogP contribution in [0.5, 0.6) is 0 Å². The Morgan fingerprint density at radius 1 is 1.31 bits per heavy atom. The molecule has 0 aliphatic heterocycles. The zero-order valence-electron chi connectivity index (χ0n) is 8.66. The summed E-state index contributed by atoms with van der Waals surface area (Å²) in [6, 6.07) is 7.13. The molecule has 2 N–H and O–H groups in total. The van der Waals surface area contributed by atoms with Crippen LogP contribution < -0.4 is 5.73 Å².